The third kappa shape index (κ3) is 4.00. The van der Waals surface area contributed by atoms with Crippen LogP contribution >= 0.6 is 0 Å². The number of anilines is 2. The number of benzene rings is 2. The Morgan fingerprint density at radius 3 is 2.50 bits per heavy atom. The lowest BCUT2D eigenvalue weighted by atomic mass is 10.2. The van der Waals surface area contributed by atoms with Crippen LogP contribution in [0.1, 0.15) is 17.3 Å². The van der Waals surface area contributed by atoms with Crippen molar-refractivity contribution < 1.29 is 14.4 Å². The van der Waals surface area contributed by atoms with Crippen molar-refractivity contribution in [2.45, 2.75) is 13.0 Å². The van der Waals surface area contributed by atoms with Gasteiger partial charge in [-0.3, -0.25) is 14.5 Å². The summed E-state index contributed by atoms with van der Waals surface area (Å²) in [7, 11) is 0. The van der Waals surface area contributed by atoms with Crippen LogP contribution in [0.2, 0.25) is 0 Å². The van der Waals surface area contributed by atoms with Gasteiger partial charge in [0, 0.05) is 30.0 Å². The summed E-state index contributed by atoms with van der Waals surface area (Å²) in [4.78, 5) is 37.4. The molecule has 1 aliphatic rings. The maximum Gasteiger partial charge on any atom is 0.324 e. The highest BCUT2D eigenvalue weighted by molar-refractivity contribution is 6.04. The molecule has 1 saturated heterocycles. The van der Waals surface area contributed by atoms with E-state index in [1.165, 1.54) is 4.90 Å². The molecular weight excluding hydrogens is 332 g/mol. The molecule has 7 heteroatoms. The fourth-order valence-corrected chi connectivity index (χ4v) is 2.71. The molecule has 2 aromatic rings. The molecule has 2 aromatic carbocycles. The van der Waals surface area contributed by atoms with E-state index in [2.05, 4.69) is 16.0 Å². The largest absolute Gasteiger partial charge is 0.374 e. The van der Waals surface area contributed by atoms with Crippen molar-refractivity contribution >= 4 is 29.2 Å². The molecule has 0 aromatic heterocycles. The predicted molar refractivity (Wildman–Crippen MR) is 99.0 cm³/mol. The SMILES string of the molecule is C[C@H](Nc1cccc(NC(=O)c2ccccc2)c1)C(=O)N1CCNC1=O. The second-order valence-corrected chi connectivity index (χ2v) is 5.99. The average Bonchev–Trinajstić information content (AvgIpc) is 3.08. The number of hydrogen-bond acceptors (Lipinski definition) is 4. The van der Waals surface area contributed by atoms with E-state index in [4.69, 9.17) is 0 Å². The predicted octanol–water partition coefficient (Wildman–Crippen LogP) is 2.29. The summed E-state index contributed by atoms with van der Waals surface area (Å²) in [6, 6.07) is 15.1. The molecule has 3 N–H and O–H groups in total. The van der Waals surface area contributed by atoms with Gasteiger partial charge in [-0.2, -0.15) is 0 Å². The number of nitrogens with one attached hydrogen (secondary N) is 3. The average molecular weight is 352 g/mol. The summed E-state index contributed by atoms with van der Waals surface area (Å²) >= 11 is 0. The van der Waals surface area contributed by atoms with Crippen molar-refractivity contribution in [3.8, 4) is 0 Å². The van der Waals surface area contributed by atoms with Gasteiger partial charge in [0.2, 0.25) is 0 Å². The molecule has 0 aliphatic carbocycles. The van der Waals surface area contributed by atoms with Crippen molar-refractivity contribution in [2.75, 3.05) is 23.7 Å². The Bertz CT molecular complexity index is 823. The van der Waals surface area contributed by atoms with Gasteiger partial charge < -0.3 is 16.0 Å². The smallest absolute Gasteiger partial charge is 0.324 e. The third-order valence-electron chi connectivity index (χ3n) is 4.03. The highest BCUT2D eigenvalue weighted by Gasteiger charge is 2.29. The normalized spacial score (nSPS) is 14.5. The Labute approximate surface area is 151 Å². The lowest BCUT2D eigenvalue weighted by Crippen LogP contribution is -2.43. The number of imide groups is 1. The summed E-state index contributed by atoms with van der Waals surface area (Å²) in [6.07, 6.45) is 0. The summed E-state index contributed by atoms with van der Waals surface area (Å²) in [5.74, 6) is -0.501. The van der Waals surface area contributed by atoms with Gasteiger partial charge in [0.25, 0.3) is 11.8 Å². The molecule has 1 atom stereocenters. The highest BCUT2D eigenvalue weighted by Crippen LogP contribution is 2.17. The van der Waals surface area contributed by atoms with Crippen LogP contribution in [0.5, 0.6) is 0 Å². The van der Waals surface area contributed by atoms with Crippen LogP contribution in [0.4, 0.5) is 16.2 Å². The molecule has 3 rings (SSSR count). The van der Waals surface area contributed by atoms with Gasteiger partial charge in [0.15, 0.2) is 0 Å². The maximum absolute atomic E-state index is 12.3. The molecule has 1 heterocycles. The first-order valence-corrected chi connectivity index (χ1v) is 8.37. The second kappa shape index (κ2) is 7.69. The molecule has 0 saturated carbocycles. The van der Waals surface area contributed by atoms with Crippen molar-refractivity contribution in [3.63, 3.8) is 0 Å². The molecule has 0 unspecified atom stereocenters. The fraction of sp³-hybridized carbons (Fsp3) is 0.211. The van der Waals surface area contributed by atoms with Gasteiger partial charge in [-0.1, -0.05) is 24.3 Å². The van der Waals surface area contributed by atoms with E-state index in [0.717, 1.165) is 0 Å². The van der Waals surface area contributed by atoms with Gasteiger partial charge in [-0.05, 0) is 37.3 Å². The second-order valence-electron chi connectivity index (χ2n) is 5.99. The van der Waals surface area contributed by atoms with Crippen LogP contribution in [0.25, 0.3) is 0 Å². The molecule has 26 heavy (non-hydrogen) atoms. The van der Waals surface area contributed by atoms with Crippen molar-refractivity contribution in [3.05, 3.63) is 60.2 Å². The lowest BCUT2D eigenvalue weighted by Gasteiger charge is -2.20. The number of amides is 4. The summed E-state index contributed by atoms with van der Waals surface area (Å²) < 4.78 is 0. The number of nitrogens with zero attached hydrogens (tertiary/aromatic N) is 1. The number of hydrogen-bond donors (Lipinski definition) is 3. The minimum Gasteiger partial charge on any atom is -0.374 e. The van der Waals surface area contributed by atoms with Crippen LogP contribution in [0, 0.1) is 0 Å². The molecule has 1 fully saturated rings. The van der Waals surface area contributed by atoms with Gasteiger partial charge in [-0.25, -0.2) is 4.79 Å². The topological polar surface area (TPSA) is 90.5 Å². The van der Waals surface area contributed by atoms with E-state index in [0.29, 0.717) is 30.0 Å². The number of carbonyl (C=O) groups excluding carboxylic acids is 3. The zero-order valence-electron chi connectivity index (χ0n) is 14.4. The zero-order chi connectivity index (χ0) is 18.5. The van der Waals surface area contributed by atoms with Gasteiger partial charge in [0.05, 0.1) is 0 Å². The first-order valence-electron chi connectivity index (χ1n) is 8.37. The number of carbonyl (C=O) groups is 3. The molecule has 0 bridgehead atoms. The molecular formula is C19H20N4O3. The van der Waals surface area contributed by atoms with Gasteiger partial charge in [0.1, 0.15) is 6.04 Å². The number of urea groups is 1. The van der Waals surface area contributed by atoms with Gasteiger partial charge in [-0.15, -0.1) is 0 Å². The molecule has 0 spiro atoms. The summed E-state index contributed by atoms with van der Waals surface area (Å²) in [6.45, 7) is 2.54. The van der Waals surface area contributed by atoms with E-state index < -0.39 is 6.04 Å². The molecule has 0 radical (unpaired) electrons. The maximum atomic E-state index is 12.3. The Kier molecular flexibility index (Phi) is 5.17. The third-order valence-corrected chi connectivity index (χ3v) is 4.03. The Hall–Kier alpha value is -3.35. The van der Waals surface area contributed by atoms with E-state index >= 15 is 0 Å². The quantitative estimate of drug-likeness (QED) is 0.770. The zero-order valence-corrected chi connectivity index (χ0v) is 14.4. The van der Waals surface area contributed by atoms with Crippen molar-refractivity contribution in [1.82, 2.24) is 10.2 Å². The van der Waals surface area contributed by atoms with Crippen LogP contribution < -0.4 is 16.0 Å². The van der Waals surface area contributed by atoms with Crippen LogP contribution in [-0.2, 0) is 4.79 Å². The lowest BCUT2D eigenvalue weighted by molar-refractivity contribution is -0.128. The summed E-state index contributed by atoms with van der Waals surface area (Å²) in [5.41, 5.74) is 1.85. The van der Waals surface area contributed by atoms with Crippen molar-refractivity contribution in [1.29, 1.82) is 0 Å². The highest BCUT2D eigenvalue weighted by atomic mass is 16.2. The summed E-state index contributed by atoms with van der Waals surface area (Å²) in [5, 5.41) is 8.50. The molecule has 134 valence electrons. The standard InChI is InChI=1S/C19H20N4O3/c1-13(18(25)23-11-10-20-19(23)26)21-15-8-5-9-16(12-15)22-17(24)14-6-3-2-4-7-14/h2-9,12-13,21H,10-11H2,1H3,(H,20,26)(H,22,24)/t13-/m0/s1. The molecule has 7 nitrogen and oxygen atoms in total. The monoisotopic (exact) mass is 352 g/mol. The molecule has 4 amide bonds. The fourth-order valence-electron chi connectivity index (χ4n) is 2.71. The minimum atomic E-state index is -0.570. The van der Waals surface area contributed by atoms with E-state index in [1.54, 1.807) is 55.5 Å². The first kappa shape index (κ1) is 17.5. The van der Waals surface area contributed by atoms with Crippen molar-refractivity contribution in [2.24, 2.45) is 0 Å². The molecule has 1 aliphatic heterocycles. The Morgan fingerprint density at radius 1 is 1.08 bits per heavy atom. The van der Waals surface area contributed by atoms with Crippen LogP contribution in [-0.4, -0.2) is 41.9 Å². The van der Waals surface area contributed by atoms with E-state index in [9.17, 15) is 14.4 Å². The Balaban J connectivity index is 1.64. The van der Waals surface area contributed by atoms with E-state index in [1.807, 2.05) is 6.07 Å². The van der Waals surface area contributed by atoms with E-state index in [-0.39, 0.29) is 17.8 Å². The van der Waals surface area contributed by atoms with Gasteiger partial charge >= 0.3 is 6.03 Å². The number of rotatable bonds is 5. The minimum absolute atomic E-state index is 0.208. The van der Waals surface area contributed by atoms with Crippen LogP contribution in [0.3, 0.4) is 0 Å². The first-order chi connectivity index (χ1) is 12.5. The Morgan fingerprint density at radius 2 is 1.81 bits per heavy atom. The van der Waals surface area contributed by atoms with Crippen LogP contribution in [0.15, 0.2) is 54.6 Å².